The van der Waals surface area contributed by atoms with Gasteiger partial charge in [0.15, 0.2) is 0 Å². The molecule has 3 aromatic rings. The lowest BCUT2D eigenvalue weighted by atomic mass is 10.0. The predicted octanol–water partition coefficient (Wildman–Crippen LogP) is 3.85. The van der Waals surface area contributed by atoms with E-state index in [0.717, 1.165) is 10.8 Å². The third-order valence-corrected chi connectivity index (χ3v) is 2.90. The van der Waals surface area contributed by atoms with Crippen LogP contribution in [0.5, 0.6) is 5.75 Å². The van der Waals surface area contributed by atoms with Gasteiger partial charge in [0, 0.05) is 5.39 Å². The van der Waals surface area contributed by atoms with Gasteiger partial charge in [-0.3, -0.25) is 0 Å². The monoisotopic (exact) mass is 219 g/mol. The lowest BCUT2D eigenvalue weighted by Crippen LogP contribution is -1.84. The van der Waals surface area contributed by atoms with Crippen LogP contribution in [0.3, 0.4) is 0 Å². The Balaban J connectivity index is 2.45. The zero-order valence-electron chi connectivity index (χ0n) is 9.05. The van der Waals surface area contributed by atoms with Crippen LogP contribution < -0.4 is 4.74 Å². The normalized spacial score (nSPS) is 10.3. The molecule has 3 aromatic carbocycles. The molecule has 0 saturated carbocycles. The standard InChI is InChI=1S/C15H9NO/c16-10-17-15-7-3-6-13-12-5-2-1-4-11(12)8-9-14(13)15/h1-9H. The predicted molar refractivity (Wildman–Crippen MR) is 67.7 cm³/mol. The third kappa shape index (κ3) is 1.49. The van der Waals surface area contributed by atoms with Crippen LogP contribution in [0.25, 0.3) is 21.5 Å². The smallest absolute Gasteiger partial charge is 0.292 e. The van der Waals surface area contributed by atoms with Crippen molar-refractivity contribution in [2.75, 3.05) is 0 Å². The van der Waals surface area contributed by atoms with Crippen molar-refractivity contribution in [3.05, 3.63) is 54.6 Å². The summed E-state index contributed by atoms with van der Waals surface area (Å²) in [6.07, 6.45) is 1.72. The Hall–Kier alpha value is -2.53. The lowest BCUT2D eigenvalue weighted by Gasteiger charge is -2.06. The minimum absolute atomic E-state index is 0.607. The molecule has 0 aliphatic rings. The molecule has 80 valence electrons. The number of hydrogen-bond donors (Lipinski definition) is 0. The second-order valence-electron chi connectivity index (χ2n) is 3.83. The average Bonchev–Trinajstić information content (AvgIpc) is 2.39. The summed E-state index contributed by atoms with van der Waals surface area (Å²) < 4.78 is 4.97. The molecular weight excluding hydrogens is 210 g/mol. The molecule has 0 heterocycles. The van der Waals surface area contributed by atoms with Gasteiger partial charge in [-0.2, -0.15) is 0 Å². The Labute approximate surface area is 98.7 Å². The fourth-order valence-electron chi connectivity index (χ4n) is 2.15. The maximum atomic E-state index is 8.62. The van der Waals surface area contributed by atoms with Crippen molar-refractivity contribution in [2.45, 2.75) is 0 Å². The van der Waals surface area contributed by atoms with Gasteiger partial charge >= 0.3 is 0 Å². The van der Waals surface area contributed by atoms with E-state index in [0.29, 0.717) is 5.75 Å². The van der Waals surface area contributed by atoms with Crippen molar-refractivity contribution >= 4 is 21.5 Å². The van der Waals surface area contributed by atoms with Gasteiger partial charge in [0.25, 0.3) is 6.26 Å². The Morgan fingerprint density at radius 1 is 0.765 bits per heavy atom. The first-order valence-electron chi connectivity index (χ1n) is 5.36. The van der Waals surface area contributed by atoms with Gasteiger partial charge in [0.05, 0.1) is 0 Å². The number of rotatable bonds is 1. The summed E-state index contributed by atoms with van der Waals surface area (Å²) in [4.78, 5) is 0. The van der Waals surface area contributed by atoms with E-state index in [1.54, 1.807) is 12.3 Å². The van der Waals surface area contributed by atoms with Crippen LogP contribution in [-0.4, -0.2) is 0 Å². The molecule has 17 heavy (non-hydrogen) atoms. The minimum Gasteiger partial charge on any atom is -0.387 e. The van der Waals surface area contributed by atoms with Crippen LogP contribution >= 0.6 is 0 Å². The molecule has 0 fully saturated rings. The van der Waals surface area contributed by atoms with Crippen LogP contribution in [0.2, 0.25) is 0 Å². The van der Waals surface area contributed by atoms with Crippen molar-refractivity contribution in [2.24, 2.45) is 0 Å². The van der Waals surface area contributed by atoms with E-state index in [9.17, 15) is 0 Å². The SMILES string of the molecule is N#COc1cccc2c1ccc1ccccc12. The van der Waals surface area contributed by atoms with Crippen LogP contribution in [0.15, 0.2) is 54.6 Å². The van der Waals surface area contributed by atoms with Crippen LogP contribution in [0.4, 0.5) is 0 Å². The highest BCUT2D eigenvalue weighted by Crippen LogP contribution is 2.31. The van der Waals surface area contributed by atoms with Crippen LogP contribution in [0, 0.1) is 11.5 Å². The number of nitrogens with zero attached hydrogens (tertiary/aromatic N) is 1. The minimum atomic E-state index is 0.607. The summed E-state index contributed by atoms with van der Waals surface area (Å²) in [5.41, 5.74) is 0. The molecule has 0 amide bonds. The zero-order chi connectivity index (χ0) is 11.7. The number of nitriles is 1. The van der Waals surface area contributed by atoms with Gasteiger partial charge in [-0.15, -0.1) is 5.26 Å². The summed E-state index contributed by atoms with van der Waals surface area (Å²) in [6.45, 7) is 0. The molecule has 0 N–H and O–H groups in total. The number of fused-ring (bicyclic) bond motifs is 3. The molecule has 0 bridgehead atoms. The Morgan fingerprint density at radius 3 is 2.47 bits per heavy atom. The molecule has 2 heteroatoms. The highest BCUT2D eigenvalue weighted by atomic mass is 16.5. The van der Waals surface area contributed by atoms with E-state index < -0.39 is 0 Å². The second kappa shape index (κ2) is 3.80. The Kier molecular flexibility index (Phi) is 2.16. The van der Waals surface area contributed by atoms with Crippen molar-refractivity contribution < 1.29 is 4.74 Å². The molecule has 2 nitrogen and oxygen atoms in total. The Morgan fingerprint density at radius 2 is 1.59 bits per heavy atom. The van der Waals surface area contributed by atoms with Crippen LogP contribution in [0.1, 0.15) is 0 Å². The van der Waals surface area contributed by atoms with E-state index in [-0.39, 0.29) is 0 Å². The quantitative estimate of drug-likeness (QED) is 0.460. The molecule has 0 aliphatic heterocycles. The Bertz CT molecular complexity index is 741. The van der Waals surface area contributed by atoms with Gasteiger partial charge in [0.2, 0.25) is 0 Å². The highest BCUT2D eigenvalue weighted by Gasteiger charge is 2.04. The third-order valence-electron chi connectivity index (χ3n) is 2.90. The van der Waals surface area contributed by atoms with Gasteiger partial charge < -0.3 is 4.74 Å². The maximum absolute atomic E-state index is 8.62. The number of ether oxygens (including phenoxy) is 1. The zero-order valence-corrected chi connectivity index (χ0v) is 9.05. The summed E-state index contributed by atoms with van der Waals surface area (Å²) in [5.74, 6) is 0.607. The second-order valence-corrected chi connectivity index (χ2v) is 3.83. The molecule has 0 saturated heterocycles. The molecule has 3 rings (SSSR count). The van der Waals surface area contributed by atoms with E-state index in [4.69, 9.17) is 10.00 Å². The highest BCUT2D eigenvalue weighted by molar-refractivity contribution is 6.09. The lowest BCUT2D eigenvalue weighted by molar-refractivity contribution is 0.513. The van der Waals surface area contributed by atoms with E-state index in [1.807, 2.05) is 36.4 Å². The van der Waals surface area contributed by atoms with Gasteiger partial charge in [-0.05, 0) is 28.3 Å². The summed E-state index contributed by atoms with van der Waals surface area (Å²) in [6, 6.07) is 18.0. The fourth-order valence-corrected chi connectivity index (χ4v) is 2.15. The van der Waals surface area contributed by atoms with Crippen LogP contribution in [-0.2, 0) is 0 Å². The van der Waals surface area contributed by atoms with Crippen molar-refractivity contribution in [3.63, 3.8) is 0 Å². The van der Waals surface area contributed by atoms with Gasteiger partial charge in [0.1, 0.15) is 5.75 Å². The molecule has 0 spiro atoms. The first-order chi connectivity index (χ1) is 8.40. The molecule has 0 unspecified atom stereocenters. The molecular formula is C15H9NO. The molecule has 0 atom stereocenters. The topological polar surface area (TPSA) is 33.0 Å². The number of hydrogen-bond acceptors (Lipinski definition) is 2. The molecule has 0 radical (unpaired) electrons. The van der Waals surface area contributed by atoms with E-state index in [2.05, 4.69) is 12.1 Å². The molecule has 0 aliphatic carbocycles. The van der Waals surface area contributed by atoms with Gasteiger partial charge in [-0.25, -0.2) is 0 Å². The largest absolute Gasteiger partial charge is 0.387 e. The van der Waals surface area contributed by atoms with Crippen molar-refractivity contribution in [1.29, 1.82) is 5.26 Å². The molecule has 0 aromatic heterocycles. The summed E-state index contributed by atoms with van der Waals surface area (Å²) in [7, 11) is 0. The first-order valence-corrected chi connectivity index (χ1v) is 5.36. The van der Waals surface area contributed by atoms with Crippen molar-refractivity contribution in [3.8, 4) is 12.0 Å². The summed E-state index contributed by atoms with van der Waals surface area (Å²) in [5, 5.41) is 13.1. The average molecular weight is 219 g/mol. The van der Waals surface area contributed by atoms with E-state index in [1.165, 1.54) is 10.8 Å². The van der Waals surface area contributed by atoms with E-state index >= 15 is 0 Å². The van der Waals surface area contributed by atoms with Crippen molar-refractivity contribution in [1.82, 2.24) is 0 Å². The van der Waals surface area contributed by atoms with Gasteiger partial charge in [-0.1, -0.05) is 42.5 Å². The maximum Gasteiger partial charge on any atom is 0.292 e. The number of benzene rings is 3. The first kappa shape index (κ1) is 9.68. The fraction of sp³-hybridized carbons (Fsp3) is 0. The summed E-state index contributed by atoms with van der Waals surface area (Å²) >= 11 is 0.